The number of likely N-dealkylation sites (tertiary alicyclic amines) is 1. The molecule has 0 aliphatic carbocycles. The van der Waals surface area contributed by atoms with Gasteiger partial charge in [0.05, 0.1) is 6.10 Å². The zero-order valence-electron chi connectivity index (χ0n) is 14.0. The largest absolute Gasteiger partial charge is 0.378 e. The quantitative estimate of drug-likeness (QED) is 0.877. The number of rotatable bonds is 6. The molecule has 3 rings (SSSR count). The maximum atomic E-state index is 12.1. The lowest BCUT2D eigenvalue weighted by Gasteiger charge is -2.24. The van der Waals surface area contributed by atoms with Gasteiger partial charge in [-0.05, 0) is 38.2 Å². The molecule has 1 amide bonds. The molecule has 2 saturated heterocycles. The summed E-state index contributed by atoms with van der Waals surface area (Å²) < 4.78 is 5.58. The molecule has 0 saturated carbocycles. The van der Waals surface area contributed by atoms with E-state index in [4.69, 9.17) is 4.74 Å². The summed E-state index contributed by atoms with van der Waals surface area (Å²) in [5, 5.41) is 3.20. The van der Waals surface area contributed by atoms with E-state index >= 15 is 0 Å². The molecule has 1 aromatic rings. The van der Waals surface area contributed by atoms with Gasteiger partial charge in [-0.25, -0.2) is 0 Å². The Hall–Kier alpha value is -1.39. The van der Waals surface area contributed by atoms with E-state index in [1.807, 2.05) is 0 Å². The molecule has 0 bridgehead atoms. The summed E-state index contributed by atoms with van der Waals surface area (Å²) in [6.45, 7) is 5.10. The summed E-state index contributed by atoms with van der Waals surface area (Å²) >= 11 is 0. The van der Waals surface area contributed by atoms with E-state index in [1.54, 1.807) is 0 Å². The fourth-order valence-electron chi connectivity index (χ4n) is 3.66. The van der Waals surface area contributed by atoms with Crippen LogP contribution in [0.3, 0.4) is 0 Å². The molecule has 2 fully saturated rings. The van der Waals surface area contributed by atoms with Crippen molar-refractivity contribution in [2.45, 2.75) is 57.2 Å². The molecule has 1 N–H and O–H groups in total. The van der Waals surface area contributed by atoms with Crippen molar-refractivity contribution in [3.63, 3.8) is 0 Å². The maximum Gasteiger partial charge on any atom is 0.220 e. The van der Waals surface area contributed by atoms with E-state index in [0.717, 1.165) is 45.4 Å². The Morgan fingerprint density at radius 2 is 2.17 bits per heavy atom. The van der Waals surface area contributed by atoms with E-state index in [-0.39, 0.29) is 11.9 Å². The van der Waals surface area contributed by atoms with Gasteiger partial charge in [-0.3, -0.25) is 9.69 Å². The monoisotopic (exact) mass is 316 g/mol. The molecule has 3 atom stereocenters. The van der Waals surface area contributed by atoms with Gasteiger partial charge in [0.15, 0.2) is 0 Å². The van der Waals surface area contributed by atoms with Crippen LogP contribution in [0.15, 0.2) is 30.3 Å². The van der Waals surface area contributed by atoms with Crippen LogP contribution in [0, 0.1) is 0 Å². The summed E-state index contributed by atoms with van der Waals surface area (Å²) in [7, 11) is 0. The van der Waals surface area contributed by atoms with Crippen LogP contribution < -0.4 is 5.32 Å². The third kappa shape index (κ3) is 4.55. The lowest BCUT2D eigenvalue weighted by molar-refractivity contribution is -0.122. The average molecular weight is 316 g/mol. The Bertz CT molecular complexity index is 499. The number of carbonyl (C=O) groups excluding carboxylic acids is 1. The number of benzene rings is 1. The van der Waals surface area contributed by atoms with Crippen molar-refractivity contribution in [2.75, 3.05) is 19.7 Å². The van der Waals surface area contributed by atoms with Crippen molar-refractivity contribution in [3.8, 4) is 0 Å². The van der Waals surface area contributed by atoms with Crippen molar-refractivity contribution >= 4 is 5.91 Å². The van der Waals surface area contributed by atoms with Gasteiger partial charge >= 0.3 is 0 Å². The normalized spacial score (nSPS) is 26.3. The van der Waals surface area contributed by atoms with Crippen molar-refractivity contribution in [3.05, 3.63) is 35.9 Å². The smallest absolute Gasteiger partial charge is 0.220 e. The molecule has 4 nitrogen and oxygen atoms in total. The zero-order valence-corrected chi connectivity index (χ0v) is 14.0. The van der Waals surface area contributed by atoms with Gasteiger partial charge in [0, 0.05) is 38.2 Å². The predicted octanol–water partition coefficient (Wildman–Crippen LogP) is 2.90. The van der Waals surface area contributed by atoms with Gasteiger partial charge < -0.3 is 10.1 Å². The molecule has 4 heteroatoms. The number of nitrogens with one attached hydrogen (secondary N) is 1. The second-order valence-electron chi connectivity index (χ2n) is 6.81. The molecule has 126 valence electrons. The molecular weight excluding hydrogens is 288 g/mol. The lowest BCUT2D eigenvalue weighted by atomic mass is 10.1. The van der Waals surface area contributed by atoms with Crippen molar-refractivity contribution in [2.24, 2.45) is 0 Å². The highest BCUT2D eigenvalue weighted by Gasteiger charge is 2.28. The molecule has 0 spiro atoms. The molecule has 2 aliphatic heterocycles. The summed E-state index contributed by atoms with van der Waals surface area (Å²) in [5.41, 5.74) is 1.35. The minimum absolute atomic E-state index is 0.180. The standard InChI is InChI=1S/C19H28N2O2/c1-15(16-6-3-2-4-7-16)21-12-11-17(14-21)20-19(22)10-9-18-8-5-13-23-18/h2-4,6-7,15,17-18H,5,8-14H2,1H3,(H,20,22)/t15-,17+,18+/m1/s1. The highest BCUT2D eigenvalue weighted by Crippen LogP contribution is 2.24. The molecule has 1 aromatic carbocycles. The molecule has 2 heterocycles. The molecule has 0 aromatic heterocycles. The Labute approximate surface area is 139 Å². The number of nitrogens with zero attached hydrogens (tertiary/aromatic N) is 1. The average Bonchev–Trinajstić information content (AvgIpc) is 3.25. The highest BCUT2D eigenvalue weighted by molar-refractivity contribution is 5.76. The van der Waals surface area contributed by atoms with E-state index in [1.165, 1.54) is 5.56 Å². The third-order valence-electron chi connectivity index (χ3n) is 5.13. The van der Waals surface area contributed by atoms with Crippen LogP contribution in [-0.4, -0.2) is 42.6 Å². The van der Waals surface area contributed by atoms with Gasteiger partial charge in [0.25, 0.3) is 0 Å². The van der Waals surface area contributed by atoms with Crippen LogP contribution in [0.2, 0.25) is 0 Å². The highest BCUT2D eigenvalue weighted by atomic mass is 16.5. The summed E-state index contributed by atoms with van der Waals surface area (Å²) in [6.07, 6.45) is 5.06. The Balaban J connectivity index is 1.41. The first-order valence-electron chi connectivity index (χ1n) is 8.92. The van der Waals surface area contributed by atoms with Crippen molar-refractivity contribution in [1.29, 1.82) is 0 Å². The number of carbonyl (C=O) groups is 1. The summed E-state index contributed by atoms with van der Waals surface area (Å²) in [6, 6.07) is 11.3. The van der Waals surface area contributed by atoms with E-state index in [2.05, 4.69) is 47.5 Å². The van der Waals surface area contributed by atoms with Crippen LogP contribution in [0.25, 0.3) is 0 Å². The van der Waals surface area contributed by atoms with Crippen molar-refractivity contribution in [1.82, 2.24) is 10.2 Å². The molecule has 0 radical (unpaired) electrons. The van der Waals surface area contributed by atoms with Gasteiger partial charge in [-0.15, -0.1) is 0 Å². The van der Waals surface area contributed by atoms with Crippen LogP contribution in [-0.2, 0) is 9.53 Å². The van der Waals surface area contributed by atoms with Gasteiger partial charge in [0.1, 0.15) is 0 Å². The first-order chi connectivity index (χ1) is 11.2. The third-order valence-corrected chi connectivity index (χ3v) is 5.13. The number of amides is 1. The summed E-state index contributed by atoms with van der Waals surface area (Å²) in [4.78, 5) is 14.6. The lowest BCUT2D eigenvalue weighted by Crippen LogP contribution is -2.37. The first-order valence-corrected chi connectivity index (χ1v) is 8.92. The maximum absolute atomic E-state index is 12.1. The topological polar surface area (TPSA) is 41.6 Å². The second kappa shape index (κ2) is 7.93. The van der Waals surface area contributed by atoms with E-state index < -0.39 is 0 Å². The predicted molar refractivity (Wildman–Crippen MR) is 91.2 cm³/mol. The molecule has 23 heavy (non-hydrogen) atoms. The zero-order chi connectivity index (χ0) is 16.1. The Kier molecular flexibility index (Phi) is 5.68. The van der Waals surface area contributed by atoms with Gasteiger partial charge in [-0.1, -0.05) is 30.3 Å². The van der Waals surface area contributed by atoms with Crippen LogP contribution in [0.1, 0.15) is 50.6 Å². The number of ether oxygens (including phenoxy) is 1. The van der Waals surface area contributed by atoms with E-state index in [9.17, 15) is 4.79 Å². The minimum atomic E-state index is 0.180. The Morgan fingerprint density at radius 1 is 1.35 bits per heavy atom. The fourth-order valence-corrected chi connectivity index (χ4v) is 3.66. The number of hydrogen-bond donors (Lipinski definition) is 1. The fraction of sp³-hybridized carbons (Fsp3) is 0.632. The van der Waals surface area contributed by atoms with Crippen LogP contribution in [0.4, 0.5) is 0 Å². The van der Waals surface area contributed by atoms with Gasteiger partial charge in [0.2, 0.25) is 5.91 Å². The molecule has 0 unspecified atom stereocenters. The van der Waals surface area contributed by atoms with E-state index in [0.29, 0.717) is 18.6 Å². The van der Waals surface area contributed by atoms with Crippen LogP contribution in [0.5, 0.6) is 0 Å². The second-order valence-corrected chi connectivity index (χ2v) is 6.81. The Morgan fingerprint density at radius 3 is 2.91 bits per heavy atom. The van der Waals surface area contributed by atoms with Crippen LogP contribution >= 0.6 is 0 Å². The number of hydrogen-bond acceptors (Lipinski definition) is 3. The van der Waals surface area contributed by atoms with Gasteiger partial charge in [-0.2, -0.15) is 0 Å². The summed E-state index contributed by atoms with van der Waals surface area (Å²) in [5.74, 6) is 0.180. The molecule has 2 aliphatic rings. The first kappa shape index (κ1) is 16.5. The SMILES string of the molecule is C[C@H](c1ccccc1)N1CC[C@H](NC(=O)CC[C@@H]2CCCO2)C1. The minimum Gasteiger partial charge on any atom is -0.378 e. The molecular formula is C19H28N2O2. The van der Waals surface area contributed by atoms with Crippen molar-refractivity contribution < 1.29 is 9.53 Å².